The van der Waals surface area contributed by atoms with Gasteiger partial charge in [-0.25, -0.2) is 0 Å². The van der Waals surface area contributed by atoms with Gasteiger partial charge >= 0.3 is 0 Å². The first-order chi connectivity index (χ1) is 12.0. The Balaban J connectivity index is 2.55. The molecule has 0 heterocycles. The molecule has 0 radical (unpaired) electrons. The third kappa shape index (κ3) is 11.1. The van der Waals surface area contributed by atoms with E-state index in [0.29, 0.717) is 0 Å². The van der Waals surface area contributed by atoms with Crippen LogP contribution in [0.1, 0.15) is 62.5 Å². The van der Waals surface area contributed by atoms with Crippen molar-refractivity contribution in [1.82, 2.24) is 0 Å². The van der Waals surface area contributed by atoms with E-state index < -0.39 is 9.03 Å². The monoisotopic (exact) mass is 446 g/mol. The summed E-state index contributed by atoms with van der Waals surface area (Å²) in [5.74, 6) is 0.799. The maximum Gasteiger partial charge on any atom is 0.212 e. The van der Waals surface area contributed by atoms with Crippen molar-refractivity contribution in [3.05, 3.63) is 29.3 Å². The Hall–Kier alpha value is 0.570. The highest BCUT2D eigenvalue weighted by Gasteiger charge is 2.10. The van der Waals surface area contributed by atoms with Crippen LogP contribution >= 0.6 is 55.4 Å². The molecule has 0 aromatic heterocycles. The lowest BCUT2D eigenvalue weighted by Gasteiger charge is -2.15. The van der Waals surface area contributed by atoms with Gasteiger partial charge in [0, 0.05) is 0 Å². The van der Waals surface area contributed by atoms with Gasteiger partial charge in [0.05, 0.1) is 0 Å². The lowest BCUT2D eigenvalue weighted by molar-refractivity contribution is 0.507. The van der Waals surface area contributed by atoms with Gasteiger partial charge in [-0.3, -0.25) is 0 Å². The SMILES string of the molecule is OPOc1cccc(CCCCCC(Cl)Cl)c1CCCCCC(Cl)Cl. The standard InChI is InChI=1S/C18H27Cl4O2P/c19-17(20)12-5-1-3-8-14-9-7-11-16(24-25-23)15(14)10-4-2-6-13-18(21)22/h7,9,11,17-18,23,25H,1-6,8,10,12-13H2. The number of halogens is 4. The zero-order valence-corrected chi connectivity index (χ0v) is 18.3. The summed E-state index contributed by atoms with van der Waals surface area (Å²) in [6.45, 7) is 0. The number of aryl methyl sites for hydroxylation is 1. The number of unbranched alkanes of at least 4 members (excludes halogenated alkanes) is 4. The Morgan fingerprint density at radius 1 is 0.840 bits per heavy atom. The molecule has 0 saturated heterocycles. The molecule has 1 aromatic rings. The lowest BCUT2D eigenvalue weighted by Crippen LogP contribution is -1.99. The molecule has 1 atom stereocenters. The van der Waals surface area contributed by atoms with Gasteiger partial charge in [-0.2, -0.15) is 0 Å². The zero-order chi connectivity index (χ0) is 18.5. The predicted octanol–water partition coefficient (Wildman–Crippen LogP) is 7.38. The van der Waals surface area contributed by atoms with Crippen molar-refractivity contribution >= 4 is 55.4 Å². The van der Waals surface area contributed by atoms with E-state index >= 15 is 0 Å². The average molecular weight is 448 g/mol. The van der Waals surface area contributed by atoms with Crippen molar-refractivity contribution in [2.24, 2.45) is 0 Å². The molecule has 7 heteroatoms. The van der Waals surface area contributed by atoms with Crippen molar-refractivity contribution in [3.8, 4) is 5.75 Å². The highest BCUT2D eigenvalue weighted by atomic mass is 35.5. The molecule has 0 fully saturated rings. The first-order valence-corrected chi connectivity index (χ1v) is 11.4. The van der Waals surface area contributed by atoms with Crippen LogP contribution in [-0.2, 0) is 12.8 Å². The second-order valence-electron chi connectivity index (χ2n) is 6.07. The van der Waals surface area contributed by atoms with Crippen molar-refractivity contribution in [3.63, 3.8) is 0 Å². The van der Waals surface area contributed by atoms with Gasteiger partial charge in [0.25, 0.3) is 0 Å². The molecule has 1 unspecified atom stereocenters. The van der Waals surface area contributed by atoms with Gasteiger partial charge in [-0.1, -0.05) is 37.8 Å². The number of hydrogen-bond donors (Lipinski definition) is 1. The highest BCUT2D eigenvalue weighted by molar-refractivity contribution is 7.25. The van der Waals surface area contributed by atoms with Crippen LogP contribution in [0.2, 0.25) is 0 Å². The number of alkyl halides is 4. The van der Waals surface area contributed by atoms with Crippen LogP contribution in [0.25, 0.3) is 0 Å². The molecule has 25 heavy (non-hydrogen) atoms. The third-order valence-electron chi connectivity index (χ3n) is 4.10. The predicted molar refractivity (Wildman–Crippen MR) is 113 cm³/mol. The van der Waals surface area contributed by atoms with E-state index in [2.05, 4.69) is 6.07 Å². The van der Waals surface area contributed by atoms with Crippen molar-refractivity contribution in [2.45, 2.75) is 73.9 Å². The summed E-state index contributed by atoms with van der Waals surface area (Å²) >= 11 is 23.1. The van der Waals surface area contributed by atoms with Gasteiger partial charge < -0.3 is 9.42 Å². The number of hydrogen-bond acceptors (Lipinski definition) is 2. The molecule has 0 aliphatic rings. The quantitative estimate of drug-likeness (QED) is 0.183. The zero-order valence-electron chi connectivity index (χ0n) is 14.3. The maximum atomic E-state index is 9.15. The van der Waals surface area contributed by atoms with Gasteiger partial charge in [0.15, 0.2) is 0 Å². The second kappa shape index (κ2) is 14.6. The van der Waals surface area contributed by atoms with Gasteiger partial charge in [0.1, 0.15) is 15.4 Å². The average Bonchev–Trinajstić information content (AvgIpc) is 2.55. The molecule has 0 aliphatic carbocycles. The number of benzene rings is 1. The van der Waals surface area contributed by atoms with E-state index in [1.165, 1.54) is 11.1 Å². The lowest BCUT2D eigenvalue weighted by atomic mass is 9.96. The fourth-order valence-corrected chi connectivity index (χ4v) is 3.75. The fourth-order valence-electron chi connectivity index (χ4n) is 2.84. The van der Waals surface area contributed by atoms with E-state index in [-0.39, 0.29) is 9.67 Å². The minimum atomic E-state index is -0.535. The molecule has 0 amide bonds. The Morgan fingerprint density at radius 3 is 2.00 bits per heavy atom. The van der Waals surface area contributed by atoms with E-state index in [0.717, 1.165) is 70.0 Å². The second-order valence-corrected chi connectivity index (χ2v) is 9.01. The van der Waals surface area contributed by atoms with Crippen LogP contribution < -0.4 is 4.52 Å². The van der Waals surface area contributed by atoms with Gasteiger partial charge in [-0.15, -0.1) is 46.4 Å². The first-order valence-electron chi connectivity index (χ1n) is 8.77. The molecule has 1 N–H and O–H groups in total. The summed E-state index contributed by atoms with van der Waals surface area (Å²) in [5, 5.41) is 0. The van der Waals surface area contributed by atoms with Crippen LogP contribution in [-0.4, -0.2) is 14.6 Å². The van der Waals surface area contributed by atoms with E-state index in [1.807, 2.05) is 12.1 Å². The van der Waals surface area contributed by atoms with Crippen molar-refractivity contribution in [2.75, 3.05) is 0 Å². The minimum Gasteiger partial charge on any atom is -0.450 e. The largest absolute Gasteiger partial charge is 0.450 e. The molecule has 1 aromatic carbocycles. The molecular formula is C18H27Cl4O2P. The molecule has 2 nitrogen and oxygen atoms in total. The summed E-state index contributed by atoms with van der Waals surface area (Å²) in [4.78, 5) is 8.61. The molecule has 0 saturated carbocycles. The van der Waals surface area contributed by atoms with Crippen LogP contribution in [0.15, 0.2) is 18.2 Å². The first kappa shape index (κ1) is 23.6. The van der Waals surface area contributed by atoms with E-state index in [1.54, 1.807) is 0 Å². The van der Waals surface area contributed by atoms with Gasteiger partial charge in [0.2, 0.25) is 9.03 Å². The topological polar surface area (TPSA) is 29.5 Å². The summed E-state index contributed by atoms with van der Waals surface area (Å²) in [7, 11) is -0.535. The molecule has 144 valence electrons. The summed E-state index contributed by atoms with van der Waals surface area (Å²) in [6.07, 6.45) is 10.0. The fraction of sp³-hybridized carbons (Fsp3) is 0.667. The van der Waals surface area contributed by atoms with Crippen LogP contribution in [0.4, 0.5) is 0 Å². The van der Waals surface area contributed by atoms with Gasteiger partial charge in [-0.05, 0) is 55.7 Å². The Morgan fingerprint density at radius 2 is 1.44 bits per heavy atom. The normalized spacial score (nSPS) is 12.0. The molecule has 0 bridgehead atoms. The summed E-state index contributed by atoms with van der Waals surface area (Å²) in [6, 6.07) is 6.08. The Kier molecular flexibility index (Phi) is 13.8. The molecule has 1 rings (SSSR count). The van der Waals surface area contributed by atoms with Crippen molar-refractivity contribution in [1.29, 1.82) is 0 Å². The molecular weight excluding hydrogens is 421 g/mol. The van der Waals surface area contributed by atoms with Crippen LogP contribution in [0.5, 0.6) is 5.75 Å². The van der Waals surface area contributed by atoms with Crippen molar-refractivity contribution < 1.29 is 9.42 Å². The molecule has 0 aliphatic heterocycles. The Bertz CT molecular complexity index is 472. The highest BCUT2D eigenvalue weighted by Crippen LogP contribution is 2.30. The van der Waals surface area contributed by atoms with E-state index in [4.69, 9.17) is 55.8 Å². The molecule has 0 spiro atoms. The smallest absolute Gasteiger partial charge is 0.212 e. The van der Waals surface area contributed by atoms with Crippen LogP contribution in [0.3, 0.4) is 0 Å². The minimum absolute atomic E-state index is 0.265. The third-order valence-corrected chi connectivity index (χ3v) is 5.29. The Labute approximate surface area is 173 Å². The number of rotatable bonds is 14. The maximum absolute atomic E-state index is 9.15. The van der Waals surface area contributed by atoms with E-state index in [9.17, 15) is 0 Å². The summed E-state index contributed by atoms with van der Waals surface area (Å²) in [5.41, 5.74) is 2.52. The summed E-state index contributed by atoms with van der Waals surface area (Å²) < 4.78 is 5.44. The van der Waals surface area contributed by atoms with Crippen LogP contribution in [0, 0.1) is 0 Å².